The molecule has 1 unspecified atom stereocenters. The first-order valence-corrected chi connectivity index (χ1v) is 3.37. The number of nitrogens with two attached hydrogens (primary N) is 1. The second-order valence-electron chi connectivity index (χ2n) is 2.38. The van der Waals surface area contributed by atoms with E-state index in [-0.39, 0.29) is 6.29 Å². The Morgan fingerprint density at radius 3 is 3.50 bits per heavy atom. The third kappa shape index (κ3) is 0.690. The Labute approximate surface area is 59.4 Å². The van der Waals surface area contributed by atoms with Crippen LogP contribution in [0.2, 0.25) is 0 Å². The van der Waals surface area contributed by atoms with E-state index in [1.165, 1.54) is 0 Å². The van der Waals surface area contributed by atoms with Crippen LogP contribution < -0.4 is 11.1 Å². The predicted octanol–water partition coefficient (Wildman–Crippen LogP) is -0.940. The summed E-state index contributed by atoms with van der Waals surface area (Å²) in [5.41, 5.74) is 5.67. The van der Waals surface area contributed by atoms with Gasteiger partial charge in [-0.1, -0.05) is 0 Å². The normalized spacial score (nSPS) is 29.5. The minimum atomic E-state index is -0.171. The lowest BCUT2D eigenvalue weighted by molar-refractivity contribution is 0.299. The van der Waals surface area contributed by atoms with Crippen LogP contribution in [0.25, 0.3) is 0 Å². The molecule has 54 valence electrons. The van der Waals surface area contributed by atoms with Crippen LogP contribution in [0.3, 0.4) is 0 Å². The lowest BCUT2D eigenvalue weighted by Crippen LogP contribution is -2.40. The van der Waals surface area contributed by atoms with Crippen LogP contribution in [-0.4, -0.2) is 30.5 Å². The van der Waals surface area contributed by atoms with E-state index >= 15 is 0 Å². The zero-order valence-electron chi connectivity index (χ0n) is 5.62. The van der Waals surface area contributed by atoms with Gasteiger partial charge in [-0.3, -0.25) is 10.7 Å². The molecule has 2 aliphatic rings. The number of rotatable bonds is 0. The third-order valence-corrected chi connectivity index (χ3v) is 1.76. The summed E-state index contributed by atoms with van der Waals surface area (Å²) in [6.07, 6.45) is 3.51. The van der Waals surface area contributed by atoms with E-state index in [0.29, 0.717) is 0 Å². The van der Waals surface area contributed by atoms with Crippen molar-refractivity contribution in [2.45, 2.75) is 6.29 Å². The van der Waals surface area contributed by atoms with Gasteiger partial charge in [0.1, 0.15) is 5.82 Å². The van der Waals surface area contributed by atoms with Crippen LogP contribution >= 0.6 is 0 Å². The Kier molecular flexibility index (Phi) is 1.14. The molecular weight excluding hydrogens is 128 g/mol. The molecule has 0 saturated carbocycles. The Morgan fingerprint density at radius 2 is 2.70 bits per heavy atom. The topological polar surface area (TPSA) is 53.6 Å². The minimum Gasteiger partial charge on any atom is -0.370 e. The predicted molar refractivity (Wildman–Crippen MR) is 39.3 cm³/mol. The van der Waals surface area contributed by atoms with E-state index in [1.54, 1.807) is 6.21 Å². The van der Waals surface area contributed by atoms with E-state index < -0.39 is 0 Å². The Morgan fingerprint density at radius 1 is 1.80 bits per heavy atom. The second kappa shape index (κ2) is 1.98. The van der Waals surface area contributed by atoms with Gasteiger partial charge in [0.25, 0.3) is 0 Å². The molecule has 0 radical (unpaired) electrons. The van der Waals surface area contributed by atoms with Crippen molar-refractivity contribution in [1.82, 2.24) is 10.2 Å². The van der Waals surface area contributed by atoms with Gasteiger partial charge in [-0.15, -0.1) is 0 Å². The van der Waals surface area contributed by atoms with Crippen molar-refractivity contribution in [1.29, 1.82) is 0 Å². The van der Waals surface area contributed by atoms with Crippen LogP contribution in [0.15, 0.2) is 16.9 Å². The maximum absolute atomic E-state index is 5.67. The molecule has 0 aromatic carbocycles. The number of aliphatic imine (C=N–C) groups is 1. The summed E-state index contributed by atoms with van der Waals surface area (Å²) >= 11 is 0. The molecule has 10 heavy (non-hydrogen) atoms. The highest BCUT2D eigenvalue weighted by atomic mass is 15.4. The summed E-state index contributed by atoms with van der Waals surface area (Å²) in [7, 11) is 0. The van der Waals surface area contributed by atoms with Gasteiger partial charge in [-0.25, -0.2) is 0 Å². The molecule has 1 fully saturated rings. The summed E-state index contributed by atoms with van der Waals surface area (Å²) in [6, 6.07) is 0. The highest BCUT2D eigenvalue weighted by Crippen LogP contribution is 2.11. The third-order valence-electron chi connectivity index (χ3n) is 1.76. The standard InChI is InChI=1S/C6H10N4/c7-6-9-2-1-5-8-3-4-10(5)6/h1-2,6,8H,3-4,7H2. The van der Waals surface area contributed by atoms with Crippen molar-refractivity contribution in [2.75, 3.05) is 13.1 Å². The molecule has 4 heteroatoms. The lowest BCUT2D eigenvalue weighted by Gasteiger charge is -2.24. The Balaban J connectivity index is 2.25. The van der Waals surface area contributed by atoms with E-state index in [9.17, 15) is 0 Å². The molecule has 1 saturated heterocycles. The molecule has 4 nitrogen and oxygen atoms in total. The second-order valence-corrected chi connectivity index (χ2v) is 2.38. The van der Waals surface area contributed by atoms with Gasteiger partial charge in [0.15, 0.2) is 6.29 Å². The molecular formula is C6H10N4. The molecule has 1 atom stereocenters. The highest BCUT2D eigenvalue weighted by molar-refractivity contribution is 5.73. The zero-order valence-corrected chi connectivity index (χ0v) is 5.62. The van der Waals surface area contributed by atoms with Crippen LogP contribution in [0.1, 0.15) is 0 Å². The highest BCUT2D eigenvalue weighted by Gasteiger charge is 2.22. The van der Waals surface area contributed by atoms with E-state index in [2.05, 4.69) is 10.3 Å². The largest absolute Gasteiger partial charge is 0.370 e. The molecule has 0 bridgehead atoms. The quantitative estimate of drug-likeness (QED) is 0.454. The molecule has 0 aliphatic carbocycles. The van der Waals surface area contributed by atoms with Crippen molar-refractivity contribution in [2.24, 2.45) is 10.7 Å². The van der Waals surface area contributed by atoms with E-state index in [4.69, 9.17) is 5.73 Å². The smallest absolute Gasteiger partial charge is 0.174 e. The Bertz CT molecular complexity index is 196. The van der Waals surface area contributed by atoms with Crippen LogP contribution in [0, 0.1) is 0 Å². The average Bonchev–Trinajstić information content (AvgIpc) is 2.36. The van der Waals surface area contributed by atoms with Gasteiger partial charge in [0.2, 0.25) is 0 Å². The number of nitrogens with zero attached hydrogens (tertiary/aromatic N) is 2. The number of hydrogen-bond acceptors (Lipinski definition) is 4. The van der Waals surface area contributed by atoms with Crippen LogP contribution in [-0.2, 0) is 0 Å². The monoisotopic (exact) mass is 138 g/mol. The summed E-state index contributed by atoms with van der Waals surface area (Å²) in [5, 5.41) is 3.20. The van der Waals surface area contributed by atoms with Crippen molar-refractivity contribution in [3.8, 4) is 0 Å². The maximum Gasteiger partial charge on any atom is 0.174 e. The molecule has 2 rings (SSSR count). The van der Waals surface area contributed by atoms with E-state index in [0.717, 1.165) is 18.9 Å². The first kappa shape index (κ1) is 5.73. The average molecular weight is 138 g/mol. The number of nitrogens with one attached hydrogen (secondary N) is 1. The van der Waals surface area contributed by atoms with E-state index in [1.807, 2.05) is 11.0 Å². The molecule has 0 aromatic rings. The van der Waals surface area contributed by atoms with Gasteiger partial charge in [0.05, 0.1) is 0 Å². The SMILES string of the molecule is NC1N=CC=C2NCCN21. The molecule has 3 N–H and O–H groups in total. The fourth-order valence-corrected chi connectivity index (χ4v) is 1.24. The summed E-state index contributed by atoms with van der Waals surface area (Å²) < 4.78 is 0. The fourth-order valence-electron chi connectivity index (χ4n) is 1.24. The number of hydrogen-bond donors (Lipinski definition) is 2. The van der Waals surface area contributed by atoms with Gasteiger partial charge in [0, 0.05) is 19.3 Å². The number of fused-ring (bicyclic) bond motifs is 1. The fraction of sp³-hybridized carbons (Fsp3) is 0.500. The molecule has 0 spiro atoms. The molecule has 2 heterocycles. The maximum atomic E-state index is 5.67. The summed E-state index contributed by atoms with van der Waals surface area (Å²) in [5.74, 6) is 1.10. The van der Waals surface area contributed by atoms with Gasteiger partial charge >= 0.3 is 0 Å². The van der Waals surface area contributed by atoms with Crippen molar-refractivity contribution in [3.63, 3.8) is 0 Å². The first-order chi connectivity index (χ1) is 4.88. The zero-order chi connectivity index (χ0) is 6.97. The molecule has 0 aromatic heterocycles. The van der Waals surface area contributed by atoms with Crippen LogP contribution in [0.4, 0.5) is 0 Å². The van der Waals surface area contributed by atoms with Crippen molar-refractivity contribution >= 4 is 6.21 Å². The molecule has 2 aliphatic heterocycles. The van der Waals surface area contributed by atoms with Crippen molar-refractivity contribution in [3.05, 3.63) is 11.9 Å². The minimum absolute atomic E-state index is 0.171. The number of allylic oxidation sites excluding steroid dienone is 1. The van der Waals surface area contributed by atoms with Gasteiger partial charge in [-0.05, 0) is 6.08 Å². The van der Waals surface area contributed by atoms with Gasteiger partial charge < -0.3 is 10.2 Å². The van der Waals surface area contributed by atoms with Crippen molar-refractivity contribution < 1.29 is 0 Å². The first-order valence-electron chi connectivity index (χ1n) is 3.37. The van der Waals surface area contributed by atoms with Crippen LogP contribution in [0.5, 0.6) is 0 Å². The summed E-state index contributed by atoms with van der Waals surface area (Å²) in [6.45, 7) is 1.94. The Hall–Kier alpha value is -1.03. The lowest BCUT2D eigenvalue weighted by atomic mass is 10.4. The van der Waals surface area contributed by atoms with Gasteiger partial charge in [-0.2, -0.15) is 0 Å². The summed E-state index contributed by atoms with van der Waals surface area (Å²) in [4.78, 5) is 6.08. The molecule has 0 amide bonds.